The highest BCUT2D eigenvalue weighted by atomic mass is 35.5. The molecule has 0 aromatic carbocycles. The SMILES string of the molecule is Cl.NCC1(C(=O)Nc2ccnc3ccnn23)CCOCC1. The number of carbonyl (C=O) groups is 1. The number of rotatable bonds is 3. The Labute approximate surface area is 128 Å². The number of fused-ring (bicyclic) bond motifs is 1. The number of nitrogens with two attached hydrogens (primary N) is 1. The molecule has 1 aliphatic heterocycles. The molecule has 0 aliphatic carbocycles. The van der Waals surface area contributed by atoms with Crippen molar-refractivity contribution >= 4 is 29.8 Å². The van der Waals surface area contributed by atoms with Gasteiger partial charge in [-0.2, -0.15) is 9.61 Å². The van der Waals surface area contributed by atoms with Crippen molar-refractivity contribution in [3.05, 3.63) is 24.5 Å². The molecule has 1 aliphatic rings. The standard InChI is InChI=1S/C13H17N5O2.ClH/c14-9-13(3-7-20-8-4-13)12(19)17-11-1-5-15-10-2-6-16-18(10)11;/h1-2,5-6H,3-4,7-9,14H2,(H,17,19);1H. The molecule has 114 valence electrons. The lowest BCUT2D eigenvalue weighted by Crippen LogP contribution is -2.46. The van der Waals surface area contributed by atoms with Crippen LogP contribution < -0.4 is 11.1 Å². The van der Waals surface area contributed by atoms with Gasteiger partial charge in [-0.1, -0.05) is 0 Å². The quantitative estimate of drug-likeness (QED) is 0.876. The van der Waals surface area contributed by atoms with Crippen LogP contribution in [-0.4, -0.2) is 40.3 Å². The van der Waals surface area contributed by atoms with Crippen LogP contribution in [-0.2, 0) is 9.53 Å². The normalized spacial score (nSPS) is 17.2. The molecule has 0 unspecified atom stereocenters. The number of nitrogens with zero attached hydrogens (tertiary/aromatic N) is 3. The number of hydrogen-bond acceptors (Lipinski definition) is 5. The molecule has 21 heavy (non-hydrogen) atoms. The van der Waals surface area contributed by atoms with Gasteiger partial charge in [0.15, 0.2) is 5.65 Å². The average molecular weight is 312 g/mol. The minimum atomic E-state index is -0.555. The van der Waals surface area contributed by atoms with E-state index in [-0.39, 0.29) is 18.3 Å². The number of halogens is 1. The lowest BCUT2D eigenvalue weighted by Gasteiger charge is -2.34. The Morgan fingerprint density at radius 2 is 2.14 bits per heavy atom. The smallest absolute Gasteiger partial charge is 0.233 e. The third kappa shape index (κ3) is 2.85. The van der Waals surface area contributed by atoms with E-state index < -0.39 is 5.41 Å². The minimum absolute atomic E-state index is 0. The van der Waals surface area contributed by atoms with Gasteiger partial charge < -0.3 is 15.8 Å². The van der Waals surface area contributed by atoms with E-state index in [2.05, 4.69) is 15.4 Å². The molecule has 0 spiro atoms. The number of nitrogens with one attached hydrogen (secondary N) is 1. The largest absolute Gasteiger partial charge is 0.381 e. The van der Waals surface area contributed by atoms with Crippen LogP contribution in [0.25, 0.3) is 5.65 Å². The Morgan fingerprint density at radius 3 is 2.86 bits per heavy atom. The number of aromatic nitrogens is 3. The second-order valence-corrected chi connectivity index (χ2v) is 4.98. The van der Waals surface area contributed by atoms with Crippen LogP contribution in [0.3, 0.4) is 0 Å². The summed E-state index contributed by atoms with van der Waals surface area (Å²) >= 11 is 0. The molecule has 2 aromatic heterocycles. The molecule has 1 amide bonds. The van der Waals surface area contributed by atoms with Crippen molar-refractivity contribution in [2.45, 2.75) is 12.8 Å². The third-order valence-electron chi connectivity index (χ3n) is 3.85. The number of amides is 1. The number of hydrogen-bond donors (Lipinski definition) is 2. The summed E-state index contributed by atoms with van der Waals surface area (Å²) in [4.78, 5) is 16.7. The van der Waals surface area contributed by atoms with Crippen LogP contribution in [0, 0.1) is 5.41 Å². The zero-order chi connectivity index (χ0) is 14.0. The van der Waals surface area contributed by atoms with Gasteiger partial charge in [0.05, 0.1) is 11.6 Å². The summed E-state index contributed by atoms with van der Waals surface area (Å²) in [5.41, 5.74) is 5.97. The molecule has 0 bridgehead atoms. The molecule has 7 nitrogen and oxygen atoms in total. The van der Waals surface area contributed by atoms with Crippen LogP contribution in [0.4, 0.5) is 5.82 Å². The summed E-state index contributed by atoms with van der Waals surface area (Å²) in [6, 6.07) is 3.50. The van der Waals surface area contributed by atoms with E-state index in [0.717, 1.165) is 0 Å². The highest BCUT2D eigenvalue weighted by Gasteiger charge is 2.39. The maximum atomic E-state index is 12.6. The van der Waals surface area contributed by atoms with E-state index in [0.29, 0.717) is 44.1 Å². The monoisotopic (exact) mass is 311 g/mol. The van der Waals surface area contributed by atoms with Crippen LogP contribution in [0.5, 0.6) is 0 Å². The van der Waals surface area contributed by atoms with Gasteiger partial charge in [-0.05, 0) is 18.9 Å². The van der Waals surface area contributed by atoms with E-state index in [1.165, 1.54) is 0 Å². The van der Waals surface area contributed by atoms with Crippen molar-refractivity contribution in [3.8, 4) is 0 Å². The van der Waals surface area contributed by atoms with Gasteiger partial charge in [-0.25, -0.2) is 4.98 Å². The number of ether oxygens (including phenoxy) is 1. The van der Waals surface area contributed by atoms with Crippen molar-refractivity contribution in [2.75, 3.05) is 25.1 Å². The van der Waals surface area contributed by atoms with E-state index in [4.69, 9.17) is 10.5 Å². The lowest BCUT2D eigenvalue weighted by atomic mass is 9.79. The van der Waals surface area contributed by atoms with Crippen LogP contribution in [0.15, 0.2) is 24.5 Å². The second-order valence-electron chi connectivity index (χ2n) is 4.98. The van der Waals surface area contributed by atoms with Crippen LogP contribution in [0.1, 0.15) is 12.8 Å². The van der Waals surface area contributed by atoms with Gasteiger partial charge in [0.2, 0.25) is 5.91 Å². The molecule has 3 rings (SSSR count). The summed E-state index contributed by atoms with van der Waals surface area (Å²) < 4.78 is 6.92. The van der Waals surface area contributed by atoms with Crippen molar-refractivity contribution in [3.63, 3.8) is 0 Å². The van der Waals surface area contributed by atoms with Crippen molar-refractivity contribution in [1.82, 2.24) is 14.6 Å². The highest BCUT2D eigenvalue weighted by molar-refractivity contribution is 5.95. The molecule has 0 radical (unpaired) electrons. The van der Waals surface area contributed by atoms with Crippen molar-refractivity contribution in [2.24, 2.45) is 11.1 Å². The zero-order valence-electron chi connectivity index (χ0n) is 11.5. The third-order valence-corrected chi connectivity index (χ3v) is 3.85. The Morgan fingerprint density at radius 1 is 1.38 bits per heavy atom. The first kappa shape index (κ1) is 15.7. The second kappa shape index (κ2) is 6.38. The van der Waals surface area contributed by atoms with Crippen LogP contribution >= 0.6 is 12.4 Å². The Kier molecular flexibility index (Phi) is 4.76. The Bertz CT molecular complexity index is 624. The number of carbonyl (C=O) groups excluding carboxylic acids is 1. The van der Waals surface area contributed by atoms with Gasteiger partial charge in [-0.15, -0.1) is 12.4 Å². The summed E-state index contributed by atoms with van der Waals surface area (Å²) in [5, 5.41) is 7.07. The first-order chi connectivity index (χ1) is 9.75. The molecule has 3 N–H and O–H groups in total. The maximum Gasteiger partial charge on any atom is 0.233 e. The summed E-state index contributed by atoms with van der Waals surface area (Å²) in [6.45, 7) is 1.45. The highest BCUT2D eigenvalue weighted by Crippen LogP contribution is 2.30. The maximum absolute atomic E-state index is 12.6. The summed E-state index contributed by atoms with van der Waals surface area (Å²) in [7, 11) is 0. The fraction of sp³-hybridized carbons (Fsp3) is 0.462. The molecular formula is C13H18ClN5O2. The molecule has 2 aromatic rings. The van der Waals surface area contributed by atoms with Gasteiger partial charge in [0.1, 0.15) is 5.82 Å². The van der Waals surface area contributed by atoms with Crippen LogP contribution in [0.2, 0.25) is 0 Å². The summed E-state index contributed by atoms with van der Waals surface area (Å²) in [6.07, 6.45) is 4.57. The van der Waals surface area contributed by atoms with E-state index in [9.17, 15) is 4.79 Å². The lowest BCUT2D eigenvalue weighted by molar-refractivity contribution is -0.130. The number of anilines is 1. The van der Waals surface area contributed by atoms with Crippen molar-refractivity contribution in [1.29, 1.82) is 0 Å². The van der Waals surface area contributed by atoms with E-state index in [1.807, 2.05) is 0 Å². The molecule has 1 fully saturated rings. The molecule has 0 atom stereocenters. The molecular weight excluding hydrogens is 294 g/mol. The predicted octanol–water partition coefficient (Wildman–Crippen LogP) is 0.845. The van der Waals surface area contributed by atoms with Gasteiger partial charge in [-0.3, -0.25) is 4.79 Å². The fourth-order valence-corrected chi connectivity index (χ4v) is 2.46. The first-order valence-electron chi connectivity index (χ1n) is 6.63. The first-order valence-corrected chi connectivity index (χ1v) is 6.63. The van der Waals surface area contributed by atoms with Gasteiger partial charge in [0, 0.05) is 32.0 Å². The molecule has 3 heterocycles. The van der Waals surface area contributed by atoms with Crippen molar-refractivity contribution < 1.29 is 9.53 Å². The predicted molar refractivity (Wildman–Crippen MR) is 80.4 cm³/mol. The molecule has 8 heteroatoms. The zero-order valence-corrected chi connectivity index (χ0v) is 12.3. The fourth-order valence-electron chi connectivity index (χ4n) is 2.46. The van der Waals surface area contributed by atoms with E-state index in [1.54, 1.807) is 29.0 Å². The topological polar surface area (TPSA) is 94.5 Å². The average Bonchev–Trinajstić information content (AvgIpc) is 2.97. The Hall–Kier alpha value is -1.70. The van der Waals surface area contributed by atoms with Gasteiger partial charge >= 0.3 is 0 Å². The van der Waals surface area contributed by atoms with E-state index >= 15 is 0 Å². The molecule has 0 saturated carbocycles. The Balaban J connectivity index is 0.00000161. The molecule has 1 saturated heterocycles. The van der Waals surface area contributed by atoms with Gasteiger partial charge in [0.25, 0.3) is 0 Å². The summed E-state index contributed by atoms with van der Waals surface area (Å²) in [5.74, 6) is 0.524. The minimum Gasteiger partial charge on any atom is -0.381 e.